The molecule has 1 heterocycles. The van der Waals surface area contributed by atoms with Crippen LogP contribution >= 0.6 is 0 Å². The van der Waals surface area contributed by atoms with Crippen molar-refractivity contribution in [3.05, 3.63) is 0 Å². The van der Waals surface area contributed by atoms with Crippen LogP contribution in [0.3, 0.4) is 0 Å². The lowest BCUT2D eigenvalue weighted by atomic mass is 9.79. The fourth-order valence-electron chi connectivity index (χ4n) is 2.40. The fourth-order valence-corrected chi connectivity index (χ4v) is 2.40. The summed E-state index contributed by atoms with van der Waals surface area (Å²) in [7, 11) is 1.42. The van der Waals surface area contributed by atoms with E-state index in [1.165, 1.54) is 7.11 Å². The number of hydrogen-bond acceptors (Lipinski definition) is 4. The number of fused-ring (bicyclic) bond motifs is 2. The lowest BCUT2D eigenvalue weighted by Crippen LogP contribution is -2.48. The van der Waals surface area contributed by atoms with Crippen LogP contribution in [-0.2, 0) is 14.3 Å². The van der Waals surface area contributed by atoms with Gasteiger partial charge >= 0.3 is 5.97 Å². The molecule has 0 radical (unpaired) electrons. The summed E-state index contributed by atoms with van der Waals surface area (Å²) in [6.45, 7) is 1.80. The maximum Gasteiger partial charge on any atom is 0.334 e. The molecule has 1 aliphatic carbocycles. The number of nitrogens with zero attached hydrogens (tertiary/aromatic N) is 1. The van der Waals surface area contributed by atoms with Gasteiger partial charge in [-0.15, -0.1) is 0 Å². The maximum absolute atomic E-state index is 11.7. The highest BCUT2D eigenvalue weighted by Crippen LogP contribution is 2.37. The summed E-state index contributed by atoms with van der Waals surface area (Å²) < 4.78 is 10.3. The molecule has 0 aromatic rings. The number of carbonyl (C=O) groups is 1. The summed E-state index contributed by atoms with van der Waals surface area (Å²) in [6, 6.07) is 0. The summed E-state index contributed by atoms with van der Waals surface area (Å²) in [6.07, 6.45) is 3.62. The normalized spacial score (nSPS) is 35.6. The fraction of sp³-hybridized carbons (Fsp3) is 0.800. The lowest BCUT2D eigenvalue weighted by molar-refractivity contribution is -0.150. The molecule has 0 spiro atoms. The Hall–Kier alpha value is -1.06. The van der Waals surface area contributed by atoms with Crippen LogP contribution in [-0.4, -0.2) is 30.6 Å². The first kappa shape index (κ1) is 9.49. The van der Waals surface area contributed by atoms with Gasteiger partial charge in [-0.1, -0.05) is 0 Å². The molecule has 2 rings (SSSR count). The van der Waals surface area contributed by atoms with Gasteiger partial charge in [0.15, 0.2) is 11.4 Å². The van der Waals surface area contributed by atoms with E-state index < -0.39 is 5.54 Å². The second-order valence-corrected chi connectivity index (χ2v) is 3.99. The van der Waals surface area contributed by atoms with Crippen LogP contribution in [0.4, 0.5) is 0 Å². The van der Waals surface area contributed by atoms with Gasteiger partial charge < -0.3 is 9.47 Å². The Bertz CT molecular complexity index is 287. The maximum atomic E-state index is 11.7. The molecular formula is C10H15NO3. The molecule has 14 heavy (non-hydrogen) atoms. The Morgan fingerprint density at radius 2 is 2.50 bits per heavy atom. The van der Waals surface area contributed by atoms with Crippen molar-refractivity contribution in [3.8, 4) is 0 Å². The van der Waals surface area contributed by atoms with Crippen molar-refractivity contribution >= 4 is 11.9 Å². The van der Waals surface area contributed by atoms with E-state index in [1.807, 2.05) is 0 Å². The number of methoxy groups -OCH3 is 1. The van der Waals surface area contributed by atoms with Gasteiger partial charge in [0.1, 0.15) is 6.10 Å². The third-order valence-electron chi connectivity index (χ3n) is 2.96. The van der Waals surface area contributed by atoms with Gasteiger partial charge in [-0.3, -0.25) is 0 Å². The third-order valence-corrected chi connectivity index (χ3v) is 2.96. The standard InChI is InChI=1S/C10H15NO3/c1-7-11-10(9(12)13-2)5-3-4-8(6-10)14-7/h8H,3-6H2,1-2H3/t8-,10+/m1/s1. The van der Waals surface area contributed by atoms with Crippen LogP contribution in [0.1, 0.15) is 32.6 Å². The molecule has 0 saturated heterocycles. The molecular weight excluding hydrogens is 182 g/mol. The van der Waals surface area contributed by atoms with Crippen LogP contribution in [0.5, 0.6) is 0 Å². The van der Waals surface area contributed by atoms with E-state index in [-0.39, 0.29) is 12.1 Å². The zero-order valence-corrected chi connectivity index (χ0v) is 8.58. The molecule has 4 nitrogen and oxygen atoms in total. The summed E-state index contributed by atoms with van der Waals surface area (Å²) in [4.78, 5) is 16.0. The van der Waals surface area contributed by atoms with E-state index in [4.69, 9.17) is 9.47 Å². The Morgan fingerprint density at radius 3 is 3.21 bits per heavy atom. The smallest absolute Gasteiger partial charge is 0.334 e. The highest BCUT2D eigenvalue weighted by Gasteiger charge is 2.47. The quantitative estimate of drug-likeness (QED) is 0.595. The van der Waals surface area contributed by atoms with Crippen molar-refractivity contribution in [2.45, 2.75) is 44.2 Å². The third kappa shape index (κ3) is 1.38. The van der Waals surface area contributed by atoms with Gasteiger partial charge in [-0.05, 0) is 19.3 Å². The molecule has 1 fully saturated rings. The second-order valence-electron chi connectivity index (χ2n) is 3.99. The van der Waals surface area contributed by atoms with Gasteiger partial charge in [0, 0.05) is 13.3 Å². The van der Waals surface area contributed by atoms with E-state index in [9.17, 15) is 4.79 Å². The zero-order valence-electron chi connectivity index (χ0n) is 8.58. The summed E-state index contributed by atoms with van der Waals surface area (Å²) >= 11 is 0. The van der Waals surface area contributed by atoms with Gasteiger partial charge in [0.05, 0.1) is 7.11 Å². The topological polar surface area (TPSA) is 47.9 Å². The molecule has 1 saturated carbocycles. The number of hydrogen-bond donors (Lipinski definition) is 0. The van der Waals surface area contributed by atoms with E-state index in [2.05, 4.69) is 4.99 Å². The van der Waals surface area contributed by atoms with Crippen LogP contribution in [0.2, 0.25) is 0 Å². The second kappa shape index (κ2) is 3.26. The lowest BCUT2D eigenvalue weighted by Gasteiger charge is -2.39. The van der Waals surface area contributed by atoms with Crippen LogP contribution < -0.4 is 0 Å². The number of rotatable bonds is 1. The first-order chi connectivity index (χ1) is 6.66. The molecule has 78 valence electrons. The highest BCUT2D eigenvalue weighted by molar-refractivity contribution is 5.86. The molecule has 0 amide bonds. The molecule has 4 heteroatoms. The van der Waals surface area contributed by atoms with Crippen molar-refractivity contribution in [3.63, 3.8) is 0 Å². The highest BCUT2D eigenvalue weighted by atomic mass is 16.5. The average molecular weight is 197 g/mol. The predicted molar refractivity (Wildman–Crippen MR) is 51.2 cm³/mol. The van der Waals surface area contributed by atoms with Crippen molar-refractivity contribution in [2.24, 2.45) is 4.99 Å². The van der Waals surface area contributed by atoms with Crippen molar-refractivity contribution < 1.29 is 14.3 Å². The molecule has 0 unspecified atom stereocenters. The van der Waals surface area contributed by atoms with Gasteiger partial charge in [-0.2, -0.15) is 0 Å². The predicted octanol–water partition coefficient (Wildman–Crippen LogP) is 1.29. The Kier molecular flexibility index (Phi) is 2.21. The number of carbonyl (C=O) groups excluding carboxylic acids is 1. The molecule has 0 aromatic carbocycles. The minimum atomic E-state index is -0.639. The molecule has 2 bridgehead atoms. The molecule has 0 N–H and O–H groups in total. The molecule has 2 atom stereocenters. The minimum Gasteiger partial charge on any atom is -0.478 e. The molecule has 0 aromatic heterocycles. The molecule has 2 aliphatic rings. The number of aliphatic imine (C=N–C) groups is 1. The van der Waals surface area contributed by atoms with Crippen LogP contribution in [0, 0.1) is 0 Å². The van der Waals surface area contributed by atoms with E-state index >= 15 is 0 Å². The van der Waals surface area contributed by atoms with Gasteiger partial charge in [-0.25, -0.2) is 9.79 Å². The Labute approximate surface area is 83.3 Å². The largest absolute Gasteiger partial charge is 0.478 e. The zero-order chi connectivity index (χ0) is 10.2. The summed E-state index contributed by atoms with van der Waals surface area (Å²) in [5.41, 5.74) is -0.639. The van der Waals surface area contributed by atoms with Crippen molar-refractivity contribution in [2.75, 3.05) is 7.11 Å². The molecule has 1 aliphatic heterocycles. The number of ether oxygens (including phenoxy) is 2. The Balaban J connectivity index is 2.31. The van der Waals surface area contributed by atoms with E-state index in [0.29, 0.717) is 12.3 Å². The van der Waals surface area contributed by atoms with Crippen molar-refractivity contribution in [1.82, 2.24) is 0 Å². The van der Waals surface area contributed by atoms with E-state index in [1.54, 1.807) is 6.92 Å². The van der Waals surface area contributed by atoms with Crippen molar-refractivity contribution in [1.29, 1.82) is 0 Å². The van der Waals surface area contributed by atoms with Gasteiger partial charge in [0.25, 0.3) is 0 Å². The monoisotopic (exact) mass is 197 g/mol. The first-order valence-corrected chi connectivity index (χ1v) is 4.98. The van der Waals surface area contributed by atoms with E-state index in [0.717, 1.165) is 19.3 Å². The average Bonchev–Trinajstić information content (AvgIpc) is 2.15. The summed E-state index contributed by atoms with van der Waals surface area (Å²) in [5.74, 6) is 0.399. The van der Waals surface area contributed by atoms with Crippen LogP contribution in [0.25, 0.3) is 0 Å². The van der Waals surface area contributed by atoms with Gasteiger partial charge in [0.2, 0.25) is 0 Å². The Morgan fingerprint density at radius 1 is 1.71 bits per heavy atom. The summed E-state index contributed by atoms with van der Waals surface area (Å²) in [5, 5.41) is 0. The number of esters is 1. The SMILES string of the molecule is COC(=O)[C@]12CCC[C@H](C1)OC(C)=N2. The van der Waals surface area contributed by atoms with Crippen LogP contribution in [0.15, 0.2) is 4.99 Å². The minimum absolute atomic E-state index is 0.153. The first-order valence-electron chi connectivity index (χ1n) is 4.98.